The molecule has 0 aliphatic rings. The summed E-state index contributed by atoms with van der Waals surface area (Å²) < 4.78 is 0. The summed E-state index contributed by atoms with van der Waals surface area (Å²) in [5, 5.41) is 1.94. The number of allylic oxidation sites excluding steroid dienone is 4. The molecule has 0 aliphatic carbocycles. The maximum atomic E-state index is 4.34. The molecule has 3 aromatic carbocycles. The molecule has 0 atom stereocenters. The maximum Gasteiger partial charge on any atom is 0.0543 e. The minimum atomic E-state index is -0.261. The summed E-state index contributed by atoms with van der Waals surface area (Å²) in [6.07, 6.45) is 16.0. The molecule has 0 saturated heterocycles. The number of hydrogen-bond acceptors (Lipinski definition) is 1. The molecule has 40 heavy (non-hydrogen) atoms. The van der Waals surface area contributed by atoms with E-state index in [1.165, 1.54) is 16.7 Å². The molecule has 0 amide bonds. The second kappa shape index (κ2) is 13.6. The van der Waals surface area contributed by atoms with E-state index >= 15 is 0 Å². The van der Waals surface area contributed by atoms with Crippen LogP contribution in [0.5, 0.6) is 0 Å². The Morgan fingerprint density at radius 1 is 0.900 bits per heavy atom. The van der Waals surface area contributed by atoms with E-state index < -0.39 is 0 Å². The van der Waals surface area contributed by atoms with Crippen molar-refractivity contribution in [1.29, 1.82) is 0 Å². The predicted molar refractivity (Wildman–Crippen MR) is 180 cm³/mol. The topological polar surface area (TPSA) is 3.24 Å². The molecule has 0 bridgehead atoms. The monoisotopic (exact) mass is 525 g/mol. The molecule has 0 spiro atoms. The molecule has 0 radical (unpaired) electrons. The van der Waals surface area contributed by atoms with Gasteiger partial charge in [0.05, 0.1) is 11.4 Å². The average Bonchev–Trinajstić information content (AvgIpc) is 2.95. The highest BCUT2D eigenvalue weighted by atomic mass is 15.2. The van der Waals surface area contributed by atoms with Crippen LogP contribution in [-0.2, 0) is 5.41 Å². The van der Waals surface area contributed by atoms with E-state index in [4.69, 9.17) is 0 Å². The van der Waals surface area contributed by atoms with E-state index in [1.54, 1.807) is 0 Å². The smallest absolute Gasteiger partial charge is 0.0543 e. The van der Waals surface area contributed by atoms with Crippen molar-refractivity contribution in [3.05, 3.63) is 161 Å². The summed E-state index contributed by atoms with van der Waals surface area (Å²) in [7, 11) is 0. The molecular formula is C39H43N. The van der Waals surface area contributed by atoms with Gasteiger partial charge in [-0.05, 0) is 59.5 Å². The molecule has 3 aromatic rings. The van der Waals surface area contributed by atoms with Crippen molar-refractivity contribution in [3.63, 3.8) is 0 Å². The van der Waals surface area contributed by atoms with Crippen molar-refractivity contribution in [3.8, 4) is 0 Å². The van der Waals surface area contributed by atoms with Gasteiger partial charge in [0.25, 0.3) is 0 Å². The third-order valence-corrected chi connectivity index (χ3v) is 7.33. The third-order valence-electron chi connectivity index (χ3n) is 7.33. The second-order valence-corrected chi connectivity index (χ2v) is 10.5. The summed E-state index contributed by atoms with van der Waals surface area (Å²) in [6, 6.07) is 21.4. The largest absolute Gasteiger partial charge is 0.309 e. The number of nitrogens with zero attached hydrogens (tertiary/aromatic N) is 1. The Hall–Kier alpha value is -4.36. The van der Waals surface area contributed by atoms with Crippen LogP contribution in [0.25, 0.3) is 24.4 Å². The first-order valence-electron chi connectivity index (χ1n) is 13.9. The summed E-state index contributed by atoms with van der Waals surface area (Å²) >= 11 is 0. The first kappa shape index (κ1) is 30.2. The standard InChI is InChI=1S/C39H43N/c1-10-15-16-24-34(20-11-2)40(37(14-5)36-25-18-17-22-30(36)7)38-28-33(27-31(12-3)35(38)13-4)39(8,9)32-23-19-21-29(6)26-32/h11-14,16-28H,2-5,7,10,15H2,1,6,8-9H3/b24-16-,34-20+,37-36+. The lowest BCUT2D eigenvalue weighted by Crippen LogP contribution is -2.33. The first-order chi connectivity index (χ1) is 19.2. The van der Waals surface area contributed by atoms with Gasteiger partial charge in [-0.3, -0.25) is 0 Å². The van der Waals surface area contributed by atoms with Crippen LogP contribution >= 0.6 is 0 Å². The zero-order valence-corrected chi connectivity index (χ0v) is 24.7. The van der Waals surface area contributed by atoms with Gasteiger partial charge in [0.2, 0.25) is 0 Å². The van der Waals surface area contributed by atoms with Gasteiger partial charge in [0.15, 0.2) is 0 Å². The van der Waals surface area contributed by atoms with E-state index in [0.717, 1.165) is 51.5 Å². The Balaban J connectivity index is 2.51. The molecular weight excluding hydrogens is 482 g/mol. The molecule has 1 heteroatoms. The number of benzene rings is 3. The van der Waals surface area contributed by atoms with Crippen molar-refractivity contribution in [2.45, 2.75) is 46.0 Å². The van der Waals surface area contributed by atoms with Crippen molar-refractivity contribution in [2.24, 2.45) is 0 Å². The Morgan fingerprint density at radius 2 is 1.65 bits per heavy atom. The fourth-order valence-electron chi connectivity index (χ4n) is 4.99. The van der Waals surface area contributed by atoms with Gasteiger partial charge in [-0.2, -0.15) is 0 Å². The van der Waals surface area contributed by atoms with Crippen molar-refractivity contribution >= 4 is 30.1 Å². The molecule has 0 saturated carbocycles. The van der Waals surface area contributed by atoms with Gasteiger partial charge in [-0.25, -0.2) is 0 Å². The van der Waals surface area contributed by atoms with Crippen molar-refractivity contribution in [2.75, 3.05) is 4.90 Å². The van der Waals surface area contributed by atoms with Gasteiger partial charge >= 0.3 is 0 Å². The molecule has 1 nitrogen and oxygen atoms in total. The van der Waals surface area contributed by atoms with E-state index in [2.05, 4.69) is 120 Å². The Kier molecular flexibility index (Phi) is 10.3. The van der Waals surface area contributed by atoms with Crippen LogP contribution in [0.15, 0.2) is 123 Å². The molecule has 0 unspecified atom stereocenters. The summed E-state index contributed by atoms with van der Waals surface area (Å²) in [5.41, 5.74) is 8.35. The fraction of sp³-hybridized carbons (Fsp3) is 0.179. The lowest BCUT2D eigenvalue weighted by atomic mass is 9.76. The molecule has 0 aromatic heterocycles. The third kappa shape index (κ3) is 6.43. The number of aryl methyl sites for hydroxylation is 1. The zero-order valence-electron chi connectivity index (χ0n) is 24.7. The second-order valence-electron chi connectivity index (χ2n) is 10.5. The normalized spacial score (nSPS) is 12.7. The minimum absolute atomic E-state index is 0.261. The summed E-state index contributed by atoms with van der Waals surface area (Å²) in [5.74, 6) is 0. The molecule has 0 heterocycles. The van der Waals surface area contributed by atoms with Crippen LogP contribution in [0.4, 0.5) is 5.69 Å². The highest BCUT2D eigenvalue weighted by molar-refractivity contribution is 5.87. The predicted octanol–water partition coefficient (Wildman–Crippen LogP) is 9.24. The average molecular weight is 526 g/mol. The van der Waals surface area contributed by atoms with E-state index in [0.29, 0.717) is 0 Å². The summed E-state index contributed by atoms with van der Waals surface area (Å²) in [4.78, 5) is 2.25. The molecule has 204 valence electrons. The van der Waals surface area contributed by atoms with Crippen LogP contribution in [0, 0.1) is 6.92 Å². The lowest BCUT2D eigenvalue weighted by Gasteiger charge is -2.33. The van der Waals surface area contributed by atoms with E-state index in [1.807, 2.05) is 48.6 Å². The molecule has 0 N–H and O–H groups in total. The van der Waals surface area contributed by atoms with Gasteiger partial charge in [0, 0.05) is 21.9 Å². The Morgan fingerprint density at radius 3 is 2.25 bits per heavy atom. The number of unbranched alkanes of at least 4 members (excludes halogenated alkanes) is 1. The van der Waals surface area contributed by atoms with Gasteiger partial charge < -0.3 is 4.90 Å². The zero-order chi connectivity index (χ0) is 29.3. The Bertz CT molecular complexity index is 1580. The highest BCUT2D eigenvalue weighted by Gasteiger charge is 2.27. The highest BCUT2D eigenvalue weighted by Crippen LogP contribution is 2.40. The fourth-order valence-corrected chi connectivity index (χ4v) is 4.99. The molecule has 0 fully saturated rings. The van der Waals surface area contributed by atoms with Gasteiger partial charge in [-0.1, -0.05) is 145 Å². The van der Waals surface area contributed by atoms with Crippen LogP contribution in [0.3, 0.4) is 0 Å². The van der Waals surface area contributed by atoms with Gasteiger partial charge in [-0.15, -0.1) is 0 Å². The van der Waals surface area contributed by atoms with Crippen molar-refractivity contribution in [1.82, 2.24) is 0 Å². The van der Waals surface area contributed by atoms with Crippen LogP contribution in [0.2, 0.25) is 0 Å². The number of rotatable bonds is 12. The first-order valence-corrected chi connectivity index (χ1v) is 13.9. The van der Waals surface area contributed by atoms with E-state index in [-0.39, 0.29) is 5.41 Å². The number of anilines is 1. The van der Waals surface area contributed by atoms with Crippen LogP contribution in [-0.4, -0.2) is 0 Å². The molecule has 3 rings (SSSR count). The van der Waals surface area contributed by atoms with E-state index in [9.17, 15) is 0 Å². The number of hydrogen-bond donors (Lipinski definition) is 0. The van der Waals surface area contributed by atoms with Crippen LogP contribution in [0.1, 0.15) is 61.4 Å². The molecule has 0 aliphatic heterocycles. The SMILES string of the molecule is C=C/C=C(\C=C/CCC)N(/C(C=C)=c1\ccccc1=C)c1cc(C(C)(C)c2cccc(C)c2)cc(C=C)c1C=C. The lowest BCUT2D eigenvalue weighted by molar-refractivity contribution is 0.640. The van der Waals surface area contributed by atoms with Crippen molar-refractivity contribution < 1.29 is 0 Å². The minimum Gasteiger partial charge on any atom is -0.309 e. The quantitative estimate of drug-likeness (QED) is 0.213. The van der Waals surface area contributed by atoms with Gasteiger partial charge in [0.1, 0.15) is 0 Å². The summed E-state index contributed by atoms with van der Waals surface area (Å²) in [6.45, 7) is 29.9. The Labute approximate surface area is 241 Å². The van der Waals surface area contributed by atoms with Crippen LogP contribution < -0.4 is 15.3 Å². The maximum absolute atomic E-state index is 4.34.